The van der Waals surface area contributed by atoms with Gasteiger partial charge >= 0.3 is 0 Å². The van der Waals surface area contributed by atoms with Gasteiger partial charge in [0.15, 0.2) is 5.96 Å². The summed E-state index contributed by atoms with van der Waals surface area (Å²) < 4.78 is 0. The lowest BCUT2D eigenvalue weighted by Gasteiger charge is -2.38. The van der Waals surface area contributed by atoms with Crippen LogP contribution in [0.25, 0.3) is 0 Å². The highest BCUT2D eigenvalue weighted by molar-refractivity contribution is 7.10. The zero-order valence-electron chi connectivity index (χ0n) is 17.2. The molecule has 2 unspecified atom stereocenters. The number of aliphatic imine (C=N–C) groups is 1. The third-order valence-corrected chi connectivity index (χ3v) is 6.68. The van der Waals surface area contributed by atoms with E-state index in [4.69, 9.17) is 4.99 Å². The Morgan fingerprint density at radius 3 is 2.74 bits per heavy atom. The molecule has 2 aliphatic rings. The Hall–Kier alpha value is -1.15. The van der Waals surface area contributed by atoms with E-state index in [2.05, 4.69) is 63.9 Å². The summed E-state index contributed by atoms with van der Waals surface area (Å²) in [7, 11) is 4.44. The summed E-state index contributed by atoms with van der Waals surface area (Å²) in [6.45, 7) is 10.5. The molecular weight excluding hydrogens is 356 g/mol. The van der Waals surface area contributed by atoms with Crippen molar-refractivity contribution in [2.75, 3.05) is 66.5 Å². The lowest BCUT2D eigenvalue weighted by atomic mass is 10.2. The van der Waals surface area contributed by atoms with E-state index in [9.17, 15) is 0 Å². The van der Waals surface area contributed by atoms with Crippen LogP contribution in [0.3, 0.4) is 0 Å². The number of hydrogen-bond donors (Lipinski definition) is 2. The number of nitrogens with zero attached hydrogens (tertiary/aromatic N) is 4. The first-order valence-corrected chi connectivity index (χ1v) is 11.2. The Balaban J connectivity index is 1.61. The minimum Gasteiger partial charge on any atom is -0.357 e. The molecule has 0 radical (unpaired) electrons. The van der Waals surface area contributed by atoms with Crippen LogP contribution in [0.1, 0.15) is 30.7 Å². The summed E-state index contributed by atoms with van der Waals surface area (Å²) >= 11 is 1.86. The summed E-state index contributed by atoms with van der Waals surface area (Å²) in [6.07, 6.45) is 2.62. The van der Waals surface area contributed by atoms with Crippen molar-refractivity contribution in [2.45, 2.75) is 31.8 Å². The van der Waals surface area contributed by atoms with Crippen molar-refractivity contribution in [3.05, 3.63) is 22.4 Å². The van der Waals surface area contributed by atoms with Crippen LogP contribution in [0.15, 0.2) is 22.5 Å². The van der Waals surface area contributed by atoms with E-state index in [0.29, 0.717) is 12.1 Å². The molecule has 27 heavy (non-hydrogen) atoms. The molecule has 1 aromatic rings. The second-order valence-corrected chi connectivity index (χ2v) is 8.75. The molecule has 2 fully saturated rings. The highest BCUT2D eigenvalue weighted by atomic mass is 32.1. The number of likely N-dealkylation sites (tertiary alicyclic amines) is 1. The van der Waals surface area contributed by atoms with Crippen LogP contribution in [-0.4, -0.2) is 93.2 Å². The third kappa shape index (κ3) is 5.91. The van der Waals surface area contributed by atoms with Gasteiger partial charge in [0.25, 0.3) is 0 Å². The number of hydrogen-bond acceptors (Lipinski definition) is 5. The average molecular weight is 393 g/mol. The maximum Gasteiger partial charge on any atom is 0.191 e. The topological polar surface area (TPSA) is 46.1 Å². The molecular formula is C20H36N6S. The van der Waals surface area contributed by atoms with E-state index in [0.717, 1.165) is 45.2 Å². The van der Waals surface area contributed by atoms with Crippen LogP contribution < -0.4 is 10.6 Å². The molecule has 0 aliphatic carbocycles. The average Bonchev–Trinajstić information content (AvgIpc) is 3.37. The Bertz CT molecular complexity index is 569. The third-order valence-electron chi connectivity index (χ3n) is 5.70. The molecule has 3 heterocycles. The lowest BCUT2D eigenvalue weighted by molar-refractivity contribution is 0.116. The van der Waals surface area contributed by atoms with Gasteiger partial charge in [-0.15, -0.1) is 11.3 Å². The standard InChI is InChI=1S/C20H36N6S/c1-4-21-20(22-14-17-16-24(2)11-12-25(17)3)23-15-18(19-8-7-13-27-19)26-9-5-6-10-26/h7-8,13,17-18H,4-6,9-12,14-16H2,1-3H3,(H2,21,22,23). The second kappa shape index (κ2) is 10.4. The molecule has 7 heteroatoms. The largest absolute Gasteiger partial charge is 0.357 e. The zero-order valence-corrected chi connectivity index (χ0v) is 18.0. The molecule has 6 nitrogen and oxygen atoms in total. The Morgan fingerprint density at radius 1 is 1.22 bits per heavy atom. The predicted molar refractivity (Wildman–Crippen MR) is 116 cm³/mol. The predicted octanol–water partition coefficient (Wildman–Crippen LogP) is 1.69. The SMILES string of the molecule is CCNC(=NCC(c1cccs1)N1CCCC1)NCC1CN(C)CCN1C. The van der Waals surface area contributed by atoms with Crippen LogP contribution >= 0.6 is 11.3 Å². The number of thiophene rings is 1. The summed E-state index contributed by atoms with van der Waals surface area (Å²) in [5.74, 6) is 0.944. The number of likely N-dealkylation sites (N-methyl/N-ethyl adjacent to an activating group) is 2. The summed E-state index contributed by atoms with van der Waals surface area (Å²) in [6, 6.07) is 5.35. The summed E-state index contributed by atoms with van der Waals surface area (Å²) in [4.78, 5) is 13.9. The van der Waals surface area contributed by atoms with E-state index in [-0.39, 0.29) is 0 Å². The van der Waals surface area contributed by atoms with Crippen LogP contribution in [0.4, 0.5) is 0 Å². The highest BCUT2D eigenvalue weighted by Gasteiger charge is 2.25. The van der Waals surface area contributed by atoms with Gasteiger partial charge < -0.3 is 15.5 Å². The Kier molecular flexibility index (Phi) is 7.93. The molecule has 2 aliphatic heterocycles. The molecule has 0 spiro atoms. The number of rotatable bonds is 7. The van der Waals surface area contributed by atoms with Gasteiger partial charge in [-0.3, -0.25) is 14.8 Å². The van der Waals surface area contributed by atoms with E-state index in [1.54, 1.807) is 0 Å². The number of nitrogens with one attached hydrogen (secondary N) is 2. The van der Waals surface area contributed by atoms with Crippen molar-refractivity contribution < 1.29 is 0 Å². The smallest absolute Gasteiger partial charge is 0.191 e. The van der Waals surface area contributed by atoms with E-state index < -0.39 is 0 Å². The van der Waals surface area contributed by atoms with Crippen LogP contribution in [0, 0.1) is 0 Å². The molecule has 0 bridgehead atoms. The van der Waals surface area contributed by atoms with Crippen molar-refractivity contribution in [1.29, 1.82) is 0 Å². The van der Waals surface area contributed by atoms with Gasteiger partial charge in [0.05, 0.1) is 12.6 Å². The van der Waals surface area contributed by atoms with Gasteiger partial charge in [-0.1, -0.05) is 6.07 Å². The first kappa shape index (κ1) is 20.6. The Labute approximate surface area is 168 Å². The summed E-state index contributed by atoms with van der Waals surface area (Å²) in [5, 5.41) is 9.20. The molecule has 0 aromatic carbocycles. The number of guanidine groups is 1. The fourth-order valence-corrected chi connectivity index (χ4v) is 4.83. The van der Waals surface area contributed by atoms with Crippen molar-refractivity contribution in [1.82, 2.24) is 25.3 Å². The van der Waals surface area contributed by atoms with Gasteiger partial charge in [0, 0.05) is 43.6 Å². The van der Waals surface area contributed by atoms with Crippen LogP contribution in [0.2, 0.25) is 0 Å². The van der Waals surface area contributed by atoms with Crippen LogP contribution in [-0.2, 0) is 0 Å². The van der Waals surface area contributed by atoms with Gasteiger partial charge in [-0.2, -0.15) is 0 Å². The fourth-order valence-electron chi connectivity index (χ4n) is 3.98. The molecule has 3 rings (SSSR count). The van der Waals surface area contributed by atoms with Crippen molar-refractivity contribution in [3.8, 4) is 0 Å². The quantitative estimate of drug-likeness (QED) is 0.546. The summed E-state index contributed by atoms with van der Waals surface area (Å²) in [5.41, 5.74) is 0. The first-order chi connectivity index (χ1) is 13.2. The van der Waals surface area contributed by atoms with Gasteiger partial charge in [0.1, 0.15) is 0 Å². The van der Waals surface area contributed by atoms with Crippen LogP contribution in [0.5, 0.6) is 0 Å². The van der Waals surface area contributed by atoms with E-state index in [1.807, 2.05) is 11.3 Å². The first-order valence-electron chi connectivity index (χ1n) is 10.4. The van der Waals surface area contributed by atoms with Crippen molar-refractivity contribution in [3.63, 3.8) is 0 Å². The lowest BCUT2D eigenvalue weighted by Crippen LogP contribution is -2.55. The number of piperazine rings is 1. The molecule has 0 amide bonds. The van der Waals surface area contributed by atoms with Gasteiger partial charge in [0.2, 0.25) is 0 Å². The monoisotopic (exact) mass is 392 g/mol. The maximum absolute atomic E-state index is 4.97. The normalized spacial score (nSPS) is 24.3. The maximum atomic E-state index is 4.97. The Morgan fingerprint density at radius 2 is 2.04 bits per heavy atom. The van der Waals surface area contributed by atoms with E-state index >= 15 is 0 Å². The van der Waals surface area contributed by atoms with Gasteiger partial charge in [-0.25, -0.2) is 0 Å². The minimum atomic E-state index is 0.409. The molecule has 2 atom stereocenters. The fraction of sp³-hybridized carbons (Fsp3) is 0.750. The van der Waals surface area contributed by atoms with Gasteiger partial charge in [-0.05, 0) is 58.4 Å². The molecule has 0 saturated carbocycles. The molecule has 152 valence electrons. The molecule has 2 N–H and O–H groups in total. The highest BCUT2D eigenvalue weighted by Crippen LogP contribution is 2.28. The van der Waals surface area contributed by atoms with Crippen molar-refractivity contribution in [2.24, 2.45) is 4.99 Å². The van der Waals surface area contributed by atoms with Crippen molar-refractivity contribution >= 4 is 17.3 Å². The second-order valence-electron chi connectivity index (χ2n) is 7.77. The molecule has 1 aromatic heterocycles. The minimum absolute atomic E-state index is 0.409. The van der Waals surface area contributed by atoms with E-state index in [1.165, 1.54) is 30.8 Å². The zero-order chi connectivity index (χ0) is 19.1. The molecule has 2 saturated heterocycles.